The van der Waals surface area contributed by atoms with E-state index in [4.69, 9.17) is 9.47 Å². The molecule has 2 aromatic rings. The van der Waals surface area contributed by atoms with Crippen molar-refractivity contribution >= 4 is 38.5 Å². The van der Waals surface area contributed by atoms with E-state index in [0.717, 1.165) is 5.56 Å². The summed E-state index contributed by atoms with van der Waals surface area (Å²) in [6.45, 7) is 0. The van der Waals surface area contributed by atoms with Gasteiger partial charge in [0.05, 0.1) is 19.0 Å². The topological polar surface area (TPSA) is 18.5 Å². The van der Waals surface area contributed by atoms with Crippen LogP contribution in [0.5, 0.6) is 11.5 Å². The third-order valence-corrected chi connectivity index (χ3v) is 4.93. The molecular weight excluding hydrogens is 457 g/mol. The number of hydrogen-bond donors (Lipinski definition) is 0. The highest BCUT2D eigenvalue weighted by atomic mass is 127. The second-order valence-corrected chi connectivity index (χ2v) is 6.33. The van der Waals surface area contributed by atoms with Crippen LogP contribution in [0.15, 0.2) is 30.3 Å². The molecule has 0 aliphatic carbocycles. The molecule has 0 N–H and O–H groups in total. The standard InChI is InChI=1S/C15H12BrF2IO2/c1-20-13-6-10(11(18)7-14(13)21-2)15(16)9-4-3-8(17)5-12(9)19/h3-7,15H,1-2H3. The van der Waals surface area contributed by atoms with Crippen molar-refractivity contribution in [3.05, 3.63) is 56.7 Å². The van der Waals surface area contributed by atoms with Crippen LogP contribution in [0.3, 0.4) is 0 Å². The number of rotatable bonds is 4. The average Bonchev–Trinajstić information content (AvgIpc) is 2.46. The lowest BCUT2D eigenvalue weighted by molar-refractivity contribution is 0.351. The van der Waals surface area contributed by atoms with Gasteiger partial charge in [-0.2, -0.15) is 0 Å². The van der Waals surface area contributed by atoms with Crippen molar-refractivity contribution in [2.24, 2.45) is 0 Å². The number of benzene rings is 2. The smallest absolute Gasteiger partial charge is 0.163 e. The van der Waals surface area contributed by atoms with Gasteiger partial charge in [0.25, 0.3) is 0 Å². The fraction of sp³-hybridized carbons (Fsp3) is 0.200. The lowest BCUT2D eigenvalue weighted by Gasteiger charge is -2.16. The number of alkyl halides is 1. The van der Waals surface area contributed by atoms with Crippen molar-refractivity contribution in [3.8, 4) is 11.5 Å². The SMILES string of the molecule is COc1cc(F)c(C(Br)c2ccc(F)cc2I)cc1OC. The Morgan fingerprint density at radius 1 is 1.00 bits per heavy atom. The summed E-state index contributed by atoms with van der Waals surface area (Å²) < 4.78 is 38.4. The molecule has 112 valence electrons. The summed E-state index contributed by atoms with van der Waals surface area (Å²) in [4.78, 5) is -0.412. The molecule has 2 rings (SSSR count). The monoisotopic (exact) mass is 468 g/mol. The molecule has 0 amide bonds. The van der Waals surface area contributed by atoms with Crippen molar-refractivity contribution in [1.82, 2.24) is 0 Å². The van der Waals surface area contributed by atoms with Crippen LogP contribution in [0, 0.1) is 15.2 Å². The first-order chi connectivity index (χ1) is 9.97. The molecular formula is C15H12BrF2IO2. The van der Waals surface area contributed by atoms with Gasteiger partial charge in [-0.3, -0.25) is 0 Å². The molecule has 0 aromatic heterocycles. The van der Waals surface area contributed by atoms with Crippen molar-refractivity contribution in [1.29, 1.82) is 0 Å². The summed E-state index contributed by atoms with van der Waals surface area (Å²) in [5.41, 5.74) is 1.18. The maximum absolute atomic E-state index is 14.3. The fourth-order valence-electron chi connectivity index (χ4n) is 1.94. The minimum absolute atomic E-state index is 0.323. The normalized spacial score (nSPS) is 12.1. The maximum Gasteiger partial charge on any atom is 0.163 e. The minimum atomic E-state index is -0.422. The van der Waals surface area contributed by atoms with Crippen molar-refractivity contribution in [2.45, 2.75) is 4.83 Å². The molecule has 2 aromatic carbocycles. The third kappa shape index (κ3) is 3.48. The Balaban J connectivity index is 2.50. The van der Waals surface area contributed by atoms with E-state index in [1.54, 1.807) is 12.1 Å². The fourth-order valence-corrected chi connectivity index (χ4v) is 3.91. The zero-order valence-corrected chi connectivity index (χ0v) is 15.0. The quantitative estimate of drug-likeness (QED) is 0.460. The molecule has 21 heavy (non-hydrogen) atoms. The zero-order valence-electron chi connectivity index (χ0n) is 11.3. The highest BCUT2D eigenvalue weighted by Gasteiger charge is 2.20. The molecule has 6 heteroatoms. The highest BCUT2D eigenvalue weighted by molar-refractivity contribution is 14.1. The first-order valence-corrected chi connectivity index (χ1v) is 7.97. The van der Waals surface area contributed by atoms with Gasteiger partial charge in [0.1, 0.15) is 11.6 Å². The molecule has 0 radical (unpaired) electrons. The molecule has 0 aliphatic heterocycles. The van der Waals surface area contributed by atoms with Crippen LogP contribution < -0.4 is 9.47 Å². The van der Waals surface area contributed by atoms with Gasteiger partial charge in [-0.1, -0.05) is 22.0 Å². The second kappa shape index (κ2) is 6.91. The summed E-state index contributed by atoms with van der Waals surface area (Å²) in [5, 5.41) is 0. The maximum atomic E-state index is 14.3. The van der Waals surface area contributed by atoms with Gasteiger partial charge in [0.2, 0.25) is 0 Å². The molecule has 0 spiro atoms. The Morgan fingerprint density at radius 2 is 1.62 bits per heavy atom. The van der Waals surface area contributed by atoms with E-state index in [9.17, 15) is 8.78 Å². The van der Waals surface area contributed by atoms with Crippen LogP contribution in [0.4, 0.5) is 8.78 Å². The molecule has 0 fully saturated rings. The Labute approximate surface area is 143 Å². The van der Waals surface area contributed by atoms with E-state index in [1.165, 1.54) is 32.4 Å². The Bertz CT molecular complexity index is 664. The third-order valence-electron chi connectivity index (χ3n) is 3.01. The van der Waals surface area contributed by atoms with Gasteiger partial charge in [-0.25, -0.2) is 8.78 Å². The van der Waals surface area contributed by atoms with Crippen molar-refractivity contribution < 1.29 is 18.3 Å². The Kier molecular flexibility index (Phi) is 5.43. The van der Waals surface area contributed by atoms with Gasteiger partial charge >= 0.3 is 0 Å². The van der Waals surface area contributed by atoms with Crippen molar-refractivity contribution in [3.63, 3.8) is 0 Å². The first-order valence-electron chi connectivity index (χ1n) is 5.98. The van der Waals surface area contributed by atoms with Crippen LogP contribution in [0.25, 0.3) is 0 Å². The molecule has 0 bridgehead atoms. The lowest BCUT2D eigenvalue weighted by atomic mass is 10.0. The zero-order chi connectivity index (χ0) is 15.6. The van der Waals surface area contributed by atoms with Crippen LogP contribution in [-0.4, -0.2) is 14.2 Å². The minimum Gasteiger partial charge on any atom is -0.493 e. The van der Waals surface area contributed by atoms with E-state index in [2.05, 4.69) is 15.9 Å². The second-order valence-electron chi connectivity index (χ2n) is 4.26. The molecule has 1 unspecified atom stereocenters. The largest absolute Gasteiger partial charge is 0.493 e. The Hall–Kier alpha value is -0.890. The lowest BCUT2D eigenvalue weighted by Crippen LogP contribution is -2.02. The highest BCUT2D eigenvalue weighted by Crippen LogP contribution is 2.39. The van der Waals surface area contributed by atoms with E-state index in [1.807, 2.05) is 22.6 Å². The van der Waals surface area contributed by atoms with Gasteiger partial charge in [-0.15, -0.1) is 0 Å². The molecule has 0 saturated carbocycles. The summed E-state index contributed by atoms with van der Waals surface area (Å²) >= 11 is 5.49. The van der Waals surface area contributed by atoms with E-state index < -0.39 is 10.6 Å². The van der Waals surface area contributed by atoms with Gasteiger partial charge in [0.15, 0.2) is 11.5 Å². The molecule has 2 nitrogen and oxygen atoms in total. The van der Waals surface area contributed by atoms with Gasteiger partial charge in [-0.05, 0) is 46.4 Å². The summed E-state index contributed by atoms with van der Waals surface area (Å²) in [5.74, 6) is 0.0213. The van der Waals surface area contributed by atoms with E-state index in [0.29, 0.717) is 20.6 Å². The van der Waals surface area contributed by atoms with Gasteiger partial charge < -0.3 is 9.47 Å². The van der Waals surface area contributed by atoms with Crippen LogP contribution >= 0.6 is 38.5 Å². The van der Waals surface area contributed by atoms with E-state index in [-0.39, 0.29) is 5.82 Å². The molecule has 1 atom stereocenters. The summed E-state index contributed by atoms with van der Waals surface area (Å²) in [6.07, 6.45) is 0. The number of methoxy groups -OCH3 is 2. The summed E-state index contributed by atoms with van der Waals surface area (Å²) in [7, 11) is 2.94. The predicted octanol–water partition coefficient (Wildman–Crippen LogP) is 5.07. The predicted molar refractivity (Wildman–Crippen MR) is 89.4 cm³/mol. The van der Waals surface area contributed by atoms with Crippen molar-refractivity contribution in [2.75, 3.05) is 14.2 Å². The number of hydrogen-bond acceptors (Lipinski definition) is 2. The average molecular weight is 469 g/mol. The van der Waals surface area contributed by atoms with Gasteiger partial charge in [0, 0.05) is 15.2 Å². The summed E-state index contributed by atoms with van der Waals surface area (Å²) in [6, 6.07) is 7.24. The van der Waals surface area contributed by atoms with Crippen LogP contribution in [0.2, 0.25) is 0 Å². The Morgan fingerprint density at radius 3 is 2.19 bits per heavy atom. The number of halogens is 4. The van der Waals surface area contributed by atoms with Crippen LogP contribution in [-0.2, 0) is 0 Å². The van der Waals surface area contributed by atoms with Crippen LogP contribution in [0.1, 0.15) is 16.0 Å². The first kappa shape index (κ1) is 16.5. The number of ether oxygens (including phenoxy) is 2. The van der Waals surface area contributed by atoms with E-state index >= 15 is 0 Å². The molecule has 0 saturated heterocycles. The molecule has 0 aliphatic rings. The molecule has 0 heterocycles.